The number of carbonyl (C=O) groups excluding carboxylic acids is 1. The Morgan fingerprint density at radius 3 is 2.47 bits per heavy atom. The van der Waals surface area contributed by atoms with Crippen molar-refractivity contribution in [3.63, 3.8) is 0 Å². The fourth-order valence-electron chi connectivity index (χ4n) is 2.65. The van der Waals surface area contributed by atoms with Gasteiger partial charge in [0.25, 0.3) is 0 Å². The highest BCUT2D eigenvalue weighted by atomic mass is 16.2. The first-order valence-corrected chi connectivity index (χ1v) is 7.03. The number of hydrogen-bond acceptors (Lipinski definition) is 2. The summed E-state index contributed by atoms with van der Waals surface area (Å²) in [6.07, 6.45) is 3.24. The Balaban J connectivity index is 2.44. The Bertz CT molecular complexity index is 230. The predicted molar refractivity (Wildman–Crippen MR) is 71.8 cm³/mol. The first-order valence-electron chi connectivity index (χ1n) is 7.03. The molecule has 1 aliphatic rings. The molecule has 3 nitrogen and oxygen atoms in total. The van der Waals surface area contributed by atoms with Crippen molar-refractivity contribution >= 4 is 5.91 Å². The SMILES string of the molecule is CC(C)C(CNC1CCCCNC1=O)C(C)C. The summed E-state index contributed by atoms with van der Waals surface area (Å²) in [5.41, 5.74) is 0. The Hall–Kier alpha value is -0.570. The zero-order valence-corrected chi connectivity index (χ0v) is 11.8. The zero-order valence-electron chi connectivity index (χ0n) is 11.8. The highest BCUT2D eigenvalue weighted by Crippen LogP contribution is 2.20. The monoisotopic (exact) mass is 240 g/mol. The van der Waals surface area contributed by atoms with Crippen LogP contribution >= 0.6 is 0 Å². The predicted octanol–water partition coefficient (Wildman–Crippen LogP) is 2.17. The molecule has 100 valence electrons. The quantitative estimate of drug-likeness (QED) is 0.773. The van der Waals surface area contributed by atoms with Gasteiger partial charge in [-0.15, -0.1) is 0 Å². The number of nitrogens with one attached hydrogen (secondary N) is 2. The molecule has 2 N–H and O–H groups in total. The van der Waals surface area contributed by atoms with Crippen LogP contribution in [0.4, 0.5) is 0 Å². The maximum absolute atomic E-state index is 11.8. The van der Waals surface area contributed by atoms with Gasteiger partial charge in [0.15, 0.2) is 0 Å². The summed E-state index contributed by atoms with van der Waals surface area (Å²) in [7, 11) is 0. The largest absolute Gasteiger partial charge is 0.355 e. The van der Waals surface area contributed by atoms with Gasteiger partial charge in [0, 0.05) is 6.54 Å². The lowest BCUT2D eigenvalue weighted by Gasteiger charge is -2.27. The molecule has 0 aromatic heterocycles. The van der Waals surface area contributed by atoms with E-state index in [9.17, 15) is 4.79 Å². The van der Waals surface area contributed by atoms with Crippen LogP contribution in [0.25, 0.3) is 0 Å². The molecule has 0 saturated carbocycles. The summed E-state index contributed by atoms with van der Waals surface area (Å²) in [5, 5.41) is 6.44. The molecule has 1 rings (SSSR count). The van der Waals surface area contributed by atoms with E-state index in [1.165, 1.54) is 0 Å². The van der Waals surface area contributed by atoms with Gasteiger partial charge in [0.1, 0.15) is 0 Å². The molecular formula is C14H28N2O. The van der Waals surface area contributed by atoms with Crippen molar-refractivity contribution in [2.75, 3.05) is 13.1 Å². The van der Waals surface area contributed by atoms with E-state index in [0.717, 1.165) is 32.4 Å². The molecule has 0 aliphatic carbocycles. The van der Waals surface area contributed by atoms with Crippen molar-refractivity contribution in [3.05, 3.63) is 0 Å². The second kappa shape index (κ2) is 7.00. The molecule has 1 atom stereocenters. The van der Waals surface area contributed by atoms with Gasteiger partial charge in [-0.2, -0.15) is 0 Å². The van der Waals surface area contributed by atoms with Crippen LogP contribution < -0.4 is 10.6 Å². The molecule has 0 aromatic carbocycles. The Morgan fingerprint density at radius 1 is 1.24 bits per heavy atom. The van der Waals surface area contributed by atoms with E-state index in [1.54, 1.807) is 0 Å². The summed E-state index contributed by atoms with van der Waals surface area (Å²) in [6.45, 7) is 10.8. The van der Waals surface area contributed by atoms with Crippen LogP contribution in [0.2, 0.25) is 0 Å². The molecule has 1 heterocycles. The summed E-state index contributed by atoms with van der Waals surface area (Å²) < 4.78 is 0. The fraction of sp³-hybridized carbons (Fsp3) is 0.929. The van der Waals surface area contributed by atoms with Gasteiger partial charge in [-0.05, 0) is 43.6 Å². The second-order valence-electron chi connectivity index (χ2n) is 5.90. The minimum absolute atomic E-state index is 0.0255. The lowest BCUT2D eigenvalue weighted by molar-refractivity contribution is -0.122. The average molecular weight is 240 g/mol. The van der Waals surface area contributed by atoms with E-state index in [1.807, 2.05) is 0 Å². The van der Waals surface area contributed by atoms with Crippen molar-refractivity contribution < 1.29 is 4.79 Å². The summed E-state index contributed by atoms with van der Waals surface area (Å²) in [4.78, 5) is 11.8. The highest BCUT2D eigenvalue weighted by molar-refractivity contribution is 5.81. The van der Waals surface area contributed by atoms with Crippen molar-refractivity contribution in [1.29, 1.82) is 0 Å². The van der Waals surface area contributed by atoms with Crippen LogP contribution in [-0.2, 0) is 4.79 Å². The van der Waals surface area contributed by atoms with Crippen molar-refractivity contribution in [3.8, 4) is 0 Å². The highest BCUT2D eigenvalue weighted by Gasteiger charge is 2.23. The smallest absolute Gasteiger partial charge is 0.237 e. The van der Waals surface area contributed by atoms with Gasteiger partial charge in [0.05, 0.1) is 6.04 Å². The first kappa shape index (κ1) is 14.5. The lowest BCUT2D eigenvalue weighted by atomic mass is 9.85. The Kier molecular flexibility index (Phi) is 5.96. The van der Waals surface area contributed by atoms with Crippen molar-refractivity contribution in [2.24, 2.45) is 17.8 Å². The normalized spacial score (nSPS) is 22.1. The molecule has 0 spiro atoms. The summed E-state index contributed by atoms with van der Waals surface area (Å²) >= 11 is 0. The number of hydrogen-bond donors (Lipinski definition) is 2. The second-order valence-corrected chi connectivity index (χ2v) is 5.90. The average Bonchev–Trinajstić information content (AvgIpc) is 2.43. The van der Waals surface area contributed by atoms with Crippen LogP contribution in [0, 0.1) is 17.8 Å². The lowest BCUT2D eigenvalue weighted by Crippen LogP contribution is -2.45. The van der Waals surface area contributed by atoms with Crippen LogP contribution in [-0.4, -0.2) is 25.0 Å². The van der Waals surface area contributed by atoms with Crippen LogP contribution in [0.1, 0.15) is 47.0 Å². The standard InChI is InChI=1S/C14H28N2O/c1-10(2)12(11(3)4)9-16-13-7-5-6-8-15-14(13)17/h10-13,16H,5-9H2,1-4H3,(H,15,17). The van der Waals surface area contributed by atoms with E-state index < -0.39 is 0 Å². The molecule has 0 radical (unpaired) electrons. The minimum Gasteiger partial charge on any atom is -0.355 e. The van der Waals surface area contributed by atoms with Crippen LogP contribution in [0.3, 0.4) is 0 Å². The Labute approximate surface area is 106 Å². The summed E-state index contributed by atoms with van der Waals surface area (Å²) in [6, 6.07) is 0.0255. The third kappa shape index (κ3) is 4.66. The molecule has 1 fully saturated rings. The van der Waals surface area contributed by atoms with Gasteiger partial charge in [0.2, 0.25) is 5.91 Å². The first-order chi connectivity index (χ1) is 8.02. The topological polar surface area (TPSA) is 41.1 Å². The van der Waals surface area contributed by atoms with Gasteiger partial charge in [-0.1, -0.05) is 27.7 Å². The summed E-state index contributed by atoms with van der Waals surface area (Å²) in [5.74, 6) is 2.16. The van der Waals surface area contributed by atoms with Crippen LogP contribution in [0.15, 0.2) is 0 Å². The number of carbonyl (C=O) groups is 1. The van der Waals surface area contributed by atoms with Crippen molar-refractivity contribution in [2.45, 2.75) is 53.0 Å². The van der Waals surface area contributed by atoms with Gasteiger partial charge < -0.3 is 10.6 Å². The zero-order chi connectivity index (χ0) is 12.8. The molecule has 3 heteroatoms. The third-order valence-corrected chi connectivity index (χ3v) is 3.85. The van der Waals surface area contributed by atoms with E-state index in [4.69, 9.17) is 0 Å². The third-order valence-electron chi connectivity index (χ3n) is 3.85. The molecule has 0 aromatic rings. The van der Waals surface area contributed by atoms with Gasteiger partial charge >= 0.3 is 0 Å². The van der Waals surface area contributed by atoms with E-state index in [-0.39, 0.29) is 11.9 Å². The maximum Gasteiger partial charge on any atom is 0.237 e. The number of rotatable bonds is 5. The van der Waals surface area contributed by atoms with Crippen molar-refractivity contribution in [1.82, 2.24) is 10.6 Å². The van der Waals surface area contributed by atoms with Crippen LogP contribution in [0.5, 0.6) is 0 Å². The van der Waals surface area contributed by atoms with E-state index in [0.29, 0.717) is 17.8 Å². The Morgan fingerprint density at radius 2 is 1.88 bits per heavy atom. The van der Waals surface area contributed by atoms with Gasteiger partial charge in [-0.25, -0.2) is 0 Å². The van der Waals surface area contributed by atoms with E-state index >= 15 is 0 Å². The molecule has 1 unspecified atom stereocenters. The molecular weight excluding hydrogens is 212 g/mol. The minimum atomic E-state index is 0.0255. The molecule has 1 aliphatic heterocycles. The van der Waals surface area contributed by atoms with E-state index in [2.05, 4.69) is 38.3 Å². The molecule has 1 saturated heterocycles. The fourth-order valence-corrected chi connectivity index (χ4v) is 2.65. The van der Waals surface area contributed by atoms with Gasteiger partial charge in [-0.3, -0.25) is 4.79 Å². The molecule has 0 bridgehead atoms. The molecule has 1 amide bonds. The maximum atomic E-state index is 11.8. The number of amides is 1. The molecule has 17 heavy (non-hydrogen) atoms.